The number of pyridine rings is 1. The standard InChI is InChI=1S/C19H19F3N4OS2/c20-19(21,22)14-6-7-16(23-12-14)24-17(27)13-29-18(28)26-10-8-25(9-11-26)15-4-2-1-3-5-15/h1-7,12H,8-11,13H2,(H,23,24,27). The van der Waals surface area contributed by atoms with Crippen LogP contribution in [-0.4, -0.2) is 52.0 Å². The van der Waals surface area contributed by atoms with E-state index in [1.165, 1.54) is 17.4 Å². The van der Waals surface area contributed by atoms with E-state index in [2.05, 4.69) is 32.2 Å². The Bertz CT molecular complexity index is 839. The zero-order valence-electron chi connectivity index (χ0n) is 15.4. The van der Waals surface area contributed by atoms with Crippen molar-refractivity contribution in [1.29, 1.82) is 0 Å². The normalized spacial score (nSPS) is 14.6. The zero-order chi connectivity index (χ0) is 20.9. The van der Waals surface area contributed by atoms with E-state index < -0.39 is 11.7 Å². The lowest BCUT2D eigenvalue weighted by Gasteiger charge is -2.37. The highest BCUT2D eigenvalue weighted by Gasteiger charge is 2.30. The maximum Gasteiger partial charge on any atom is 0.417 e. The van der Waals surface area contributed by atoms with Crippen LogP contribution in [0.25, 0.3) is 0 Å². The summed E-state index contributed by atoms with van der Waals surface area (Å²) in [6.07, 6.45) is -3.76. The first-order chi connectivity index (χ1) is 13.8. The van der Waals surface area contributed by atoms with Gasteiger partial charge in [-0.15, -0.1) is 0 Å². The lowest BCUT2D eigenvalue weighted by atomic mass is 10.2. The van der Waals surface area contributed by atoms with Crippen LogP contribution in [0.2, 0.25) is 0 Å². The van der Waals surface area contributed by atoms with Crippen LogP contribution >= 0.6 is 24.0 Å². The van der Waals surface area contributed by atoms with E-state index in [-0.39, 0.29) is 17.5 Å². The van der Waals surface area contributed by atoms with E-state index in [1.807, 2.05) is 18.2 Å². The van der Waals surface area contributed by atoms with Crippen LogP contribution < -0.4 is 10.2 Å². The number of carbonyl (C=O) groups excluding carboxylic acids is 1. The van der Waals surface area contributed by atoms with Gasteiger partial charge in [0.05, 0.1) is 11.3 Å². The smallest absolute Gasteiger partial charge is 0.368 e. The summed E-state index contributed by atoms with van der Waals surface area (Å²) in [7, 11) is 0. The number of aromatic nitrogens is 1. The molecule has 0 saturated carbocycles. The molecule has 2 heterocycles. The predicted octanol–water partition coefficient (Wildman–Crippen LogP) is 3.88. The SMILES string of the molecule is O=C(CSC(=S)N1CCN(c2ccccc2)CC1)Nc1ccc(C(F)(F)F)cn1. The molecule has 1 aromatic heterocycles. The van der Waals surface area contributed by atoms with E-state index in [0.29, 0.717) is 10.5 Å². The summed E-state index contributed by atoms with van der Waals surface area (Å²) in [5.74, 6) is -0.223. The van der Waals surface area contributed by atoms with Crippen molar-refractivity contribution in [3.8, 4) is 0 Å². The second-order valence-corrected chi connectivity index (χ2v) is 7.95. The lowest BCUT2D eigenvalue weighted by Crippen LogP contribution is -2.47. The second-order valence-electron chi connectivity index (χ2n) is 6.34. The number of nitrogens with one attached hydrogen (secondary N) is 1. The van der Waals surface area contributed by atoms with Crippen LogP contribution in [0.5, 0.6) is 0 Å². The quantitative estimate of drug-likeness (QED) is 0.729. The molecule has 1 fully saturated rings. The van der Waals surface area contributed by atoms with Crippen molar-refractivity contribution in [3.05, 3.63) is 54.2 Å². The molecule has 5 nitrogen and oxygen atoms in total. The molecule has 2 aromatic rings. The molecule has 0 radical (unpaired) electrons. The Morgan fingerprint density at radius 2 is 1.79 bits per heavy atom. The van der Waals surface area contributed by atoms with Gasteiger partial charge in [0, 0.05) is 38.1 Å². The van der Waals surface area contributed by atoms with E-state index in [0.717, 1.165) is 38.3 Å². The minimum Gasteiger partial charge on any atom is -0.368 e. The van der Waals surface area contributed by atoms with Crippen LogP contribution in [-0.2, 0) is 11.0 Å². The van der Waals surface area contributed by atoms with Crippen molar-refractivity contribution in [1.82, 2.24) is 9.88 Å². The van der Waals surface area contributed by atoms with Gasteiger partial charge in [0.15, 0.2) is 0 Å². The summed E-state index contributed by atoms with van der Waals surface area (Å²) in [6.45, 7) is 3.21. The minimum atomic E-state index is -4.46. The molecule has 0 unspecified atom stereocenters. The van der Waals surface area contributed by atoms with E-state index in [4.69, 9.17) is 12.2 Å². The van der Waals surface area contributed by atoms with Crippen molar-refractivity contribution in [2.75, 3.05) is 42.1 Å². The summed E-state index contributed by atoms with van der Waals surface area (Å²) in [4.78, 5) is 20.0. The number of hydrogen-bond acceptors (Lipinski definition) is 5. The van der Waals surface area contributed by atoms with Crippen LogP contribution in [0.3, 0.4) is 0 Å². The molecule has 0 spiro atoms. The van der Waals surface area contributed by atoms with Crippen LogP contribution in [0.15, 0.2) is 48.7 Å². The first-order valence-corrected chi connectivity index (χ1v) is 10.3. The number of alkyl halides is 3. The molecule has 0 atom stereocenters. The monoisotopic (exact) mass is 440 g/mol. The molecule has 29 heavy (non-hydrogen) atoms. The van der Waals surface area contributed by atoms with Crippen molar-refractivity contribution in [3.63, 3.8) is 0 Å². The maximum atomic E-state index is 12.5. The van der Waals surface area contributed by atoms with Crippen molar-refractivity contribution in [2.45, 2.75) is 6.18 Å². The number of benzene rings is 1. The fraction of sp³-hybridized carbons (Fsp3) is 0.316. The van der Waals surface area contributed by atoms with Gasteiger partial charge in [0.2, 0.25) is 5.91 Å². The molecule has 0 bridgehead atoms. The molecule has 1 aliphatic rings. The Morgan fingerprint density at radius 3 is 2.38 bits per heavy atom. The number of rotatable bonds is 4. The average Bonchev–Trinajstić information content (AvgIpc) is 2.72. The zero-order valence-corrected chi connectivity index (χ0v) is 17.0. The molecule has 1 saturated heterocycles. The first kappa shape index (κ1) is 21.4. The van der Waals surface area contributed by atoms with Gasteiger partial charge in [-0.3, -0.25) is 4.79 Å². The third-order valence-electron chi connectivity index (χ3n) is 4.34. The predicted molar refractivity (Wildman–Crippen MR) is 113 cm³/mol. The average molecular weight is 441 g/mol. The molecule has 1 aliphatic heterocycles. The van der Waals surface area contributed by atoms with Gasteiger partial charge in [0.1, 0.15) is 10.1 Å². The summed E-state index contributed by atoms with van der Waals surface area (Å²) >= 11 is 6.65. The Hall–Kier alpha value is -2.33. The molecule has 1 N–H and O–H groups in total. The third kappa shape index (κ3) is 6.07. The van der Waals surface area contributed by atoms with Crippen LogP contribution in [0.4, 0.5) is 24.7 Å². The number of amides is 1. The number of nitrogens with zero attached hydrogens (tertiary/aromatic N) is 3. The molecule has 0 aliphatic carbocycles. The first-order valence-electron chi connectivity index (χ1n) is 8.88. The van der Waals surface area contributed by atoms with Gasteiger partial charge >= 0.3 is 6.18 Å². The minimum absolute atomic E-state index is 0.0699. The number of piperazine rings is 1. The maximum absolute atomic E-state index is 12.5. The van der Waals surface area contributed by atoms with E-state index >= 15 is 0 Å². The van der Waals surface area contributed by atoms with E-state index in [1.54, 1.807) is 0 Å². The fourth-order valence-electron chi connectivity index (χ4n) is 2.82. The number of carbonyl (C=O) groups is 1. The molecule has 1 aromatic carbocycles. The van der Waals surface area contributed by atoms with Gasteiger partial charge < -0.3 is 15.1 Å². The molecular weight excluding hydrogens is 421 g/mol. The van der Waals surface area contributed by atoms with Crippen LogP contribution in [0, 0.1) is 0 Å². The van der Waals surface area contributed by atoms with Gasteiger partial charge in [0.25, 0.3) is 0 Å². The largest absolute Gasteiger partial charge is 0.417 e. The number of anilines is 2. The topological polar surface area (TPSA) is 48.5 Å². The number of thioether (sulfide) groups is 1. The van der Waals surface area contributed by atoms with Gasteiger partial charge in [-0.1, -0.05) is 42.2 Å². The second kappa shape index (κ2) is 9.45. The molecule has 3 rings (SSSR count). The van der Waals surface area contributed by atoms with Gasteiger partial charge in [-0.25, -0.2) is 4.98 Å². The highest BCUT2D eigenvalue weighted by Crippen LogP contribution is 2.28. The number of hydrogen-bond donors (Lipinski definition) is 1. The van der Waals surface area contributed by atoms with Crippen molar-refractivity contribution < 1.29 is 18.0 Å². The number of thiocarbonyl (C=S) groups is 1. The Kier molecular flexibility index (Phi) is 6.96. The summed E-state index contributed by atoms with van der Waals surface area (Å²) < 4.78 is 38.2. The fourth-order valence-corrected chi connectivity index (χ4v) is 3.87. The van der Waals surface area contributed by atoms with Gasteiger partial charge in [-0.05, 0) is 24.3 Å². The Morgan fingerprint density at radius 1 is 1.10 bits per heavy atom. The lowest BCUT2D eigenvalue weighted by molar-refractivity contribution is -0.137. The van der Waals surface area contributed by atoms with Crippen LogP contribution in [0.1, 0.15) is 5.56 Å². The molecule has 10 heteroatoms. The van der Waals surface area contributed by atoms with E-state index in [9.17, 15) is 18.0 Å². The number of para-hydroxylation sites is 1. The Balaban J connectivity index is 1.42. The molecular formula is C19H19F3N4OS2. The summed E-state index contributed by atoms with van der Waals surface area (Å²) in [5, 5.41) is 2.48. The summed E-state index contributed by atoms with van der Waals surface area (Å²) in [5.41, 5.74) is 0.315. The summed E-state index contributed by atoms with van der Waals surface area (Å²) in [6, 6.07) is 12.2. The van der Waals surface area contributed by atoms with Crippen molar-refractivity contribution >= 4 is 45.7 Å². The van der Waals surface area contributed by atoms with Crippen molar-refractivity contribution in [2.24, 2.45) is 0 Å². The highest BCUT2D eigenvalue weighted by molar-refractivity contribution is 8.23. The number of halogens is 3. The highest BCUT2D eigenvalue weighted by atomic mass is 32.2. The van der Waals surface area contributed by atoms with Gasteiger partial charge in [-0.2, -0.15) is 13.2 Å². The third-order valence-corrected chi connectivity index (χ3v) is 5.87. The Labute approximate surface area is 176 Å². The molecule has 154 valence electrons. The molecule has 1 amide bonds.